The first-order valence-corrected chi connectivity index (χ1v) is 10.2. The number of anilines is 2. The summed E-state index contributed by atoms with van der Waals surface area (Å²) in [6.07, 6.45) is 9.09. The number of aliphatic imine (C=N–C) groups is 2. The third-order valence-corrected chi connectivity index (χ3v) is 5.80. The van der Waals surface area contributed by atoms with E-state index in [1.54, 1.807) is 12.4 Å². The van der Waals surface area contributed by atoms with Crippen LogP contribution in [0.15, 0.2) is 58.1 Å². The molecule has 1 atom stereocenters. The number of hydrogen-bond donors (Lipinski definition) is 2. The fraction of sp³-hybridized carbons (Fsp3) is 0.318. The number of carbonyl (C=O) groups is 1. The summed E-state index contributed by atoms with van der Waals surface area (Å²) in [6.45, 7) is 10.1. The lowest BCUT2D eigenvalue weighted by Gasteiger charge is -2.22. The quantitative estimate of drug-likeness (QED) is 0.732. The number of nitrogens with zero attached hydrogens (tertiary/aromatic N) is 6. The van der Waals surface area contributed by atoms with Crippen molar-refractivity contribution in [1.29, 1.82) is 0 Å². The van der Waals surface area contributed by atoms with Gasteiger partial charge in [0.2, 0.25) is 11.6 Å². The molecule has 2 aromatic rings. The maximum absolute atomic E-state index is 12.2. The number of amides is 1. The molecule has 2 N–H and O–H groups in total. The largest absolute Gasteiger partial charge is 0.325 e. The molecule has 0 bridgehead atoms. The molecular formula is C22H25N8O+. The average molecular weight is 417 g/mol. The van der Waals surface area contributed by atoms with Gasteiger partial charge in [0.15, 0.2) is 6.20 Å². The monoisotopic (exact) mass is 417 g/mol. The molecule has 3 aliphatic heterocycles. The highest BCUT2D eigenvalue weighted by Crippen LogP contribution is 2.39. The van der Waals surface area contributed by atoms with Crippen molar-refractivity contribution >= 4 is 41.0 Å². The van der Waals surface area contributed by atoms with Gasteiger partial charge in [0.1, 0.15) is 12.4 Å². The van der Waals surface area contributed by atoms with Crippen molar-refractivity contribution in [1.82, 2.24) is 14.4 Å². The smallest absolute Gasteiger partial charge is 0.287 e. The topological polar surface area (TPSA) is 96.0 Å². The average Bonchev–Trinajstić information content (AvgIpc) is 3.37. The van der Waals surface area contributed by atoms with Crippen molar-refractivity contribution in [2.24, 2.45) is 15.1 Å². The molecule has 1 aromatic heterocycles. The normalized spacial score (nSPS) is 23.2. The third-order valence-electron chi connectivity index (χ3n) is 5.80. The number of rotatable bonds is 2. The number of guanidine groups is 1. The number of amidine groups is 1. The van der Waals surface area contributed by atoms with E-state index in [0.717, 1.165) is 22.6 Å². The Labute approximate surface area is 180 Å². The highest BCUT2D eigenvalue weighted by atomic mass is 16.2. The minimum absolute atomic E-state index is 0.00283. The zero-order valence-corrected chi connectivity index (χ0v) is 18.2. The number of fused-ring (bicyclic) bond motifs is 2. The van der Waals surface area contributed by atoms with Crippen LogP contribution in [-0.2, 0) is 15.7 Å². The molecular weight excluding hydrogens is 392 g/mol. The zero-order chi connectivity index (χ0) is 22.0. The molecule has 5 rings (SSSR count). The maximum atomic E-state index is 12.2. The Kier molecular flexibility index (Phi) is 3.88. The van der Waals surface area contributed by atoms with Gasteiger partial charge in [0, 0.05) is 11.4 Å². The van der Waals surface area contributed by atoms with Gasteiger partial charge in [-0.3, -0.25) is 14.5 Å². The third kappa shape index (κ3) is 2.92. The van der Waals surface area contributed by atoms with Gasteiger partial charge < -0.3 is 10.6 Å². The number of nitrogens with one attached hydrogen (secondary N) is 2. The number of aromatic nitrogens is 2. The van der Waals surface area contributed by atoms with Crippen molar-refractivity contribution in [2.45, 2.75) is 45.6 Å². The Morgan fingerprint density at radius 2 is 2.03 bits per heavy atom. The molecule has 0 fully saturated rings. The Hall–Kier alpha value is -3.59. The zero-order valence-electron chi connectivity index (χ0n) is 18.2. The van der Waals surface area contributed by atoms with E-state index in [1.165, 1.54) is 0 Å². The molecule has 0 aliphatic carbocycles. The summed E-state index contributed by atoms with van der Waals surface area (Å²) in [6, 6.07) is 5.81. The first-order chi connectivity index (χ1) is 14.6. The molecule has 31 heavy (non-hydrogen) atoms. The van der Waals surface area contributed by atoms with E-state index in [2.05, 4.69) is 46.5 Å². The predicted molar refractivity (Wildman–Crippen MR) is 123 cm³/mol. The Morgan fingerprint density at radius 3 is 2.77 bits per heavy atom. The first kappa shape index (κ1) is 19.4. The lowest BCUT2D eigenvalue weighted by molar-refractivity contribution is -0.119. The van der Waals surface area contributed by atoms with Crippen molar-refractivity contribution < 1.29 is 4.79 Å². The molecule has 9 heteroatoms. The molecule has 1 amide bonds. The number of benzene rings is 1. The van der Waals surface area contributed by atoms with Crippen LogP contribution in [0.3, 0.4) is 0 Å². The van der Waals surface area contributed by atoms with Crippen LogP contribution < -0.4 is 15.2 Å². The van der Waals surface area contributed by atoms with Gasteiger partial charge in [-0.25, -0.2) is 0 Å². The molecule has 0 spiro atoms. The molecule has 158 valence electrons. The molecule has 9 nitrogen and oxygen atoms in total. The van der Waals surface area contributed by atoms with Crippen LogP contribution >= 0.6 is 0 Å². The van der Waals surface area contributed by atoms with E-state index in [-0.39, 0.29) is 16.0 Å². The summed E-state index contributed by atoms with van der Waals surface area (Å²) < 4.78 is 1.98. The van der Waals surface area contributed by atoms with Crippen LogP contribution in [0.25, 0.3) is 0 Å². The van der Waals surface area contributed by atoms with E-state index in [9.17, 15) is 4.79 Å². The van der Waals surface area contributed by atoms with Gasteiger partial charge in [-0.2, -0.15) is 10.1 Å². The molecule has 0 saturated carbocycles. The van der Waals surface area contributed by atoms with Gasteiger partial charge in [0.05, 0.1) is 23.4 Å². The van der Waals surface area contributed by atoms with Crippen molar-refractivity contribution in [2.75, 3.05) is 10.6 Å². The highest BCUT2D eigenvalue weighted by Gasteiger charge is 2.44. The van der Waals surface area contributed by atoms with Crippen molar-refractivity contribution in [3.63, 3.8) is 0 Å². The van der Waals surface area contributed by atoms with Gasteiger partial charge in [0.25, 0.3) is 11.8 Å². The van der Waals surface area contributed by atoms with E-state index in [1.807, 2.05) is 55.3 Å². The highest BCUT2D eigenvalue weighted by molar-refractivity contribution is 6.38. The van der Waals surface area contributed by atoms with E-state index in [4.69, 9.17) is 5.10 Å². The lowest BCUT2D eigenvalue weighted by atomic mass is 9.86. The summed E-state index contributed by atoms with van der Waals surface area (Å²) in [5, 5.41) is 15.6. The van der Waals surface area contributed by atoms with Crippen molar-refractivity contribution in [3.8, 4) is 0 Å². The Bertz CT molecular complexity index is 1220. The molecule has 3 aliphatic rings. The summed E-state index contributed by atoms with van der Waals surface area (Å²) in [5.41, 5.74) is 2.77. The number of quaternary nitrogens is 1. The van der Waals surface area contributed by atoms with Crippen LogP contribution in [0, 0.1) is 0 Å². The van der Waals surface area contributed by atoms with E-state index in [0.29, 0.717) is 11.8 Å². The van der Waals surface area contributed by atoms with Crippen LogP contribution in [-0.4, -0.2) is 33.7 Å². The maximum Gasteiger partial charge on any atom is 0.287 e. The second-order valence-corrected chi connectivity index (χ2v) is 9.43. The first-order valence-electron chi connectivity index (χ1n) is 10.2. The van der Waals surface area contributed by atoms with Gasteiger partial charge in [-0.1, -0.05) is 10.7 Å². The molecule has 0 radical (unpaired) electrons. The van der Waals surface area contributed by atoms with Crippen molar-refractivity contribution in [3.05, 3.63) is 48.6 Å². The van der Waals surface area contributed by atoms with Gasteiger partial charge in [-0.05, 0) is 57.4 Å². The Balaban J connectivity index is 1.49. The van der Waals surface area contributed by atoms with Crippen LogP contribution in [0.2, 0.25) is 0 Å². The molecule has 1 unspecified atom stereocenters. The lowest BCUT2D eigenvalue weighted by Crippen LogP contribution is -2.44. The second-order valence-electron chi connectivity index (χ2n) is 9.43. The summed E-state index contributed by atoms with van der Waals surface area (Å²) in [5.74, 6) is 1.13. The van der Waals surface area contributed by atoms with E-state index < -0.39 is 5.41 Å². The predicted octanol–water partition coefficient (Wildman–Crippen LogP) is 3.53. The van der Waals surface area contributed by atoms with Crippen LogP contribution in [0.5, 0.6) is 0 Å². The minimum atomic E-state index is -0.538. The summed E-state index contributed by atoms with van der Waals surface area (Å²) >= 11 is 0. The van der Waals surface area contributed by atoms with Gasteiger partial charge >= 0.3 is 0 Å². The SMILES string of the molecule is CC1(C)C(=O)Nc2cc(NC3=N[N+]4(c5cnn(C(C)(C)C)c5)C=CN=CC4=N3)ccc21. The number of carbonyl (C=O) groups excluding carboxylic acids is 1. The molecule has 0 saturated heterocycles. The molecule has 1 aromatic carbocycles. The summed E-state index contributed by atoms with van der Waals surface area (Å²) in [4.78, 5) is 21.1. The van der Waals surface area contributed by atoms with Crippen LogP contribution in [0.4, 0.5) is 17.1 Å². The minimum Gasteiger partial charge on any atom is -0.325 e. The van der Waals surface area contributed by atoms with Gasteiger partial charge in [-0.15, -0.1) is 0 Å². The summed E-state index contributed by atoms with van der Waals surface area (Å²) in [7, 11) is 0. The standard InChI is InChI=1S/C22H24N8O/c1-21(2,3)29-13-15(11-24-29)30-9-8-23-12-18(30)27-20(28-30)25-14-6-7-16-17(10-14)26-19(31)22(16,4)5/h6-13H,1-5H3,(H-,25,26,28,31)/p+1. The van der Waals surface area contributed by atoms with Crippen LogP contribution in [0.1, 0.15) is 40.2 Å². The van der Waals surface area contributed by atoms with E-state index >= 15 is 0 Å². The number of hydrogen-bond acceptors (Lipinski definition) is 6. The second kappa shape index (κ2) is 6.21. The fourth-order valence-corrected chi connectivity index (χ4v) is 3.86. The molecule has 4 heterocycles. The fourth-order valence-electron chi connectivity index (χ4n) is 3.86. The Morgan fingerprint density at radius 1 is 1.23 bits per heavy atom.